The molecule has 4 aliphatic rings. The number of aromatic nitrogens is 1. The van der Waals surface area contributed by atoms with Crippen molar-refractivity contribution in [2.24, 2.45) is 0 Å². The summed E-state index contributed by atoms with van der Waals surface area (Å²) < 4.78 is 6.55. The molecule has 2 aliphatic heterocycles. The number of fused-ring (bicyclic) bond motifs is 3. The molecule has 1 fully saturated rings. The van der Waals surface area contributed by atoms with Gasteiger partial charge in [0.05, 0.1) is 22.2 Å². The van der Waals surface area contributed by atoms with E-state index in [1.165, 1.54) is 11.1 Å². The minimum absolute atomic E-state index is 0.0133. The molecule has 5 nitrogen and oxygen atoms in total. The van der Waals surface area contributed by atoms with Crippen LogP contribution in [0.5, 0.6) is 11.5 Å². The van der Waals surface area contributed by atoms with Crippen LogP contribution in [0.1, 0.15) is 54.3 Å². The third-order valence-electron chi connectivity index (χ3n) is 8.49. The van der Waals surface area contributed by atoms with Crippen LogP contribution in [0.4, 0.5) is 0 Å². The van der Waals surface area contributed by atoms with Crippen LogP contribution < -0.4 is 4.74 Å². The van der Waals surface area contributed by atoms with Crippen LogP contribution in [0.15, 0.2) is 36.4 Å². The third kappa shape index (κ3) is 2.09. The smallest absolute Gasteiger partial charge is 0.166 e. The minimum atomic E-state index is -0.960. The van der Waals surface area contributed by atoms with Crippen molar-refractivity contribution in [1.29, 1.82) is 0 Å². The maximum absolute atomic E-state index is 12.5. The SMILES string of the molecule is CC.Cc1c2c(nc3ccccc13)[C@@H]1Oc3c(O)ccc4c3[C@@]13CCN(C)[C@H](C4)[C@]3(O)C2. The highest BCUT2D eigenvalue weighted by molar-refractivity contribution is 5.84. The summed E-state index contributed by atoms with van der Waals surface area (Å²) in [7, 11) is 2.12. The van der Waals surface area contributed by atoms with Gasteiger partial charge in [0, 0.05) is 23.4 Å². The number of likely N-dealkylation sites (N-methyl/N-ethyl adjacent to an activating group) is 1. The van der Waals surface area contributed by atoms with Gasteiger partial charge < -0.3 is 19.8 Å². The van der Waals surface area contributed by atoms with E-state index < -0.39 is 11.0 Å². The molecule has 1 aromatic heterocycles. The molecular weight excluding hydrogens is 400 g/mol. The first kappa shape index (κ1) is 20.0. The normalized spacial score (nSPS) is 31.3. The molecule has 3 aromatic rings. The van der Waals surface area contributed by atoms with Crippen LogP contribution >= 0.6 is 0 Å². The van der Waals surface area contributed by atoms with Crippen molar-refractivity contribution in [2.75, 3.05) is 13.6 Å². The van der Waals surface area contributed by atoms with Gasteiger partial charge in [0.25, 0.3) is 0 Å². The second kappa shape index (κ2) is 6.46. The predicted octanol–water partition coefficient (Wildman–Crippen LogP) is 4.19. The highest BCUT2D eigenvalue weighted by atomic mass is 16.5. The fourth-order valence-electron chi connectivity index (χ4n) is 7.07. The van der Waals surface area contributed by atoms with E-state index in [1.807, 2.05) is 38.1 Å². The Kier molecular flexibility index (Phi) is 4.04. The number of phenolic OH excluding ortho intramolecular Hbond substituents is 1. The average Bonchev–Trinajstić information content (AvgIpc) is 3.16. The minimum Gasteiger partial charge on any atom is -0.504 e. The highest BCUT2D eigenvalue weighted by Gasteiger charge is 2.72. The van der Waals surface area contributed by atoms with Crippen LogP contribution in [0.2, 0.25) is 0 Å². The zero-order valence-electron chi connectivity index (χ0n) is 19.1. The molecule has 2 N–H and O–H groups in total. The lowest BCUT2D eigenvalue weighted by atomic mass is 9.48. The molecule has 0 saturated carbocycles. The number of ether oxygens (including phenoxy) is 1. The summed E-state index contributed by atoms with van der Waals surface area (Å²) in [5.74, 6) is 0.718. The fraction of sp³-hybridized carbons (Fsp3) is 0.444. The van der Waals surface area contributed by atoms with Gasteiger partial charge in [-0.15, -0.1) is 0 Å². The van der Waals surface area contributed by atoms with E-state index in [9.17, 15) is 10.2 Å². The molecule has 2 bridgehead atoms. The number of nitrogens with zero attached hydrogens (tertiary/aromatic N) is 2. The molecule has 166 valence electrons. The molecular formula is C27H30N2O3. The molecule has 32 heavy (non-hydrogen) atoms. The van der Waals surface area contributed by atoms with Crippen LogP contribution in [0, 0.1) is 6.92 Å². The lowest BCUT2D eigenvalue weighted by Crippen LogP contribution is -2.74. The van der Waals surface area contributed by atoms with E-state index in [0.717, 1.165) is 47.1 Å². The maximum atomic E-state index is 12.5. The lowest BCUT2D eigenvalue weighted by molar-refractivity contribution is -0.168. The molecule has 0 amide bonds. The number of aromatic hydroxyl groups is 1. The number of benzene rings is 2. The van der Waals surface area contributed by atoms with Crippen molar-refractivity contribution in [2.45, 2.75) is 63.2 Å². The van der Waals surface area contributed by atoms with Crippen molar-refractivity contribution >= 4 is 10.9 Å². The van der Waals surface area contributed by atoms with Crippen LogP contribution in [0.25, 0.3) is 10.9 Å². The Bertz CT molecular complexity index is 1270. The van der Waals surface area contributed by atoms with E-state index in [2.05, 4.69) is 24.9 Å². The first-order chi connectivity index (χ1) is 15.5. The van der Waals surface area contributed by atoms with Crippen molar-refractivity contribution in [3.63, 3.8) is 0 Å². The monoisotopic (exact) mass is 430 g/mol. The number of pyridine rings is 1. The molecule has 0 unspecified atom stereocenters. The van der Waals surface area contributed by atoms with Crippen LogP contribution in [-0.4, -0.2) is 45.3 Å². The topological polar surface area (TPSA) is 65.8 Å². The maximum Gasteiger partial charge on any atom is 0.166 e. The van der Waals surface area contributed by atoms with Gasteiger partial charge in [-0.2, -0.15) is 0 Å². The van der Waals surface area contributed by atoms with Gasteiger partial charge in [0.1, 0.15) is 0 Å². The van der Waals surface area contributed by atoms with Crippen LogP contribution in [-0.2, 0) is 18.3 Å². The summed E-state index contributed by atoms with van der Waals surface area (Å²) in [6.45, 7) is 7.03. The molecule has 3 heterocycles. The molecule has 0 radical (unpaired) electrons. The Morgan fingerprint density at radius 3 is 2.75 bits per heavy atom. The molecule has 2 aromatic carbocycles. The summed E-state index contributed by atoms with van der Waals surface area (Å²) in [5, 5.41) is 24.3. The summed E-state index contributed by atoms with van der Waals surface area (Å²) in [6.07, 6.45) is 1.74. The van der Waals surface area contributed by atoms with Gasteiger partial charge in [-0.25, -0.2) is 4.98 Å². The quantitative estimate of drug-likeness (QED) is 0.560. The Balaban J connectivity index is 0.000000953. The van der Waals surface area contributed by atoms with E-state index in [-0.39, 0.29) is 17.9 Å². The highest BCUT2D eigenvalue weighted by Crippen LogP contribution is 2.68. The van der Waals surface area contributed by atoms with E-state index in [4.69, 9.17) is 9.72 Å². The lowest BCUT2D eigenvalue weighted by Gasteiger charge is -2.62. The van der Waals surface area contributed by atoms with E-state index >= 15 is 0 Å². The van der Waals surface area contributed by atoms with Gasteiger partial charge >= 0.3 is 0 Å². The Morgan fingerprint density at radius 1 is 1.16 bits per heavy atom. The third-order valence-corrected chi connectivity index (χ3v) is 8.49. The number of rotatable bonds is 0. The number of likely N-dealkylation sites (tertiary alicyclic amines) is 1. The van der Waals surface area contributed by atoms with E-state index in [0.29, 0.717) is 12.2 Å². The summed E-state index contributed by atoms with van der Waals surface area (Å²) in [6, 6.07) is 12.0. The first-order valence-electron chi connectivity index (χ1n) is 11.8. The second-order valence-corrected chi connectivity index (χ2v) is 9.59. The van der Waals surface area contributed by atoms with Gasteiger partial charge in [0.15, 0.2) is 17.6 Å². The number of aryl methyl sites for hydroxylation is 1. The standard InChI is InChI=1S/C25H24N2O3.C2H6/c1-13-15-5-3-4-6-17(15)26-21-16(13)12-25(29)19-11-14-7-8-18(28)22-20(14)24(25,23(21)30-22)9-10-27(19)2;1-2/h3-8,19,23,28-29H,9-12H2,1-2H3;1-2H3/t19-,23+,24+,25-;/m1./s1. The number of aliphatic hydroxyl groups is 1. The number of para-hydroxylation sites is 1. The molecule has 5 heteroatoms. The molecule has 7 rings (SSSR count). The van der Waals surface area contributed by atoms with Gasteiger partial charge in [-0.1, -0.05) is 38.1 Å². The number of hydrogen-bond acceptors (Lipinski definition) is 5. The zero-order valence-corrected chi connectivity index (χ0v) is 19.1. The molecule has 4 atom stereocenters. The first-order valence-corrected chi connectivity index (χ1v) is 11.8. The number of hydrogen-bond donors (Lipinski definition) is 2. The Hall–Kier alpha value is -2.63. The number of piperidine rings is 1. The Morgan fingerprint density at radius 2 is 1.94 bits per heavy atom. The fourth-order valence-corrected chi connectivity index (χ4v) is 7.07. The summed E-state index contributed by atoms with van der Waals surface area (Å²) in [5.41, 5.74) is 4.86. The Labute approximate surface area is 188 Å². The van der Waals surface area contributed by atoms with Gasteiger partial charge in [-0.05, 0) is 62.2 Å². The molecule has 1 spiro atoms. The van der Waals surface area contributed by atoms with Gasteiger partial charge in [0.2, 0.25) is 0 Å². The molecule has 1 saturated heterocycles. The van der Waals surface area contributed by atoms with Gasteiger partial charge in [-0.3, -0.25) is 0 Å². The van der Waals surface area contributed by atoms with Crippen molar-refractivity contribution in [3.05, 3.63) is 64.3 Å². The largest absolute Gasteiger partial charge is 0.504 e. The van der Waals surface area contributed by atoms with Crippen LogP contribution in [0.3, 0.4) is 0 Å². The van der Waals surface area contributed by atoms with Crippen molar-refractivity contribution in [3.8, 4) is 11.5 Å². The molecule has 2 aliphatic carbocycles. The second-order valence-electron chi connectivity index (χ2n) is 9.59. The van der Waals surface area contributed by atoms with Crippen molar-refractivity contribution in [1.82, 2.24) is 9.88 Å². The van der Waals surface area contributed by atoms with E-state index in [1.54, 1.807) is 6.07 Å². The average molecular weight is 431 g/mol. The predicted molar refractivity (Wildman–Crippen MR) is 124 cm³/mol. The summed E-state index contributed by atoms with van der Waals surface area (Å²) in [4.78, 5) is 7.39. The van der Waals surface area contributed by atoms with Crippen molar-refractivity contribution < 1.29 is 14.9 Å². The number of phenols is 1. The summed E-state index contributed by atoms with van der Waals surface area (Å²) >= 11 is 0. The zero-order chi connectivity index (χ0) is 22.4.